The average molecular weight is 182 g/mol. The third-order valence-electron chi connectivity index (χ3n) is 1.77. The number of rotatable bonds is 2. The molecule has 0 unspecified atom stereocenters. The maximum atomic E-state index is 11.0. The highest BCUT2D eigenvalue weighted by atomic mass is 35.5. The summed E-state index contributed by atoms with van der Waals surface area (Å²) in [6.07, 6.45) is 0. The van der Waals surface area contributed by atoms with E-state index in [1.807, 2.05) is 0 Å². The van der Waals surface area contributed by atoms with E-state index in [2.05, 4.69) is 10.1 Å². The molecule has 0 aliphatic carbocycles. The standard InChI is InChI=1S/C6H11NO3.ClH/c1-9-5(8)6(10-2)3-7-4-6;/h7H,3-4H2,1-2H3;1H. The van der Waals surface area contributed by atoms with Crippen molar-refractivity contribution in [2.75, 3.05) is 27.3 Å². The smallest absolute Gasteiger partial charge is 0.340 e. The van der Waals surface area contributed by atoms with Gasteiger partial charge < -0.3 is 14.8 Å². The lowest BCUT2D eigenvalue weighted by Gasteiger charge is -2.37. The van der Waals surface area contributed by atoms with E-state index in [-0.39, 0.29) is 18.4 Å². The van der Waals surface area contributed by atoms with Crippen LogP contribution in [0.2, 0.25) is 0 Å². The molecule has 4 nitrogen and oxygen atoms in total. The number of carbonyl (C=O) groups excluding carboxylic acids is 1. The van der Waals surface area contributed by atoms with Gasteiger partial charge in [-0.1, -0.05) is 0 Å². The van der Waals surface area contributed by atoms with Crippen molar-refractivity contribution in [2.45, 2.75) is 5.60 Å². The molecule has 0 saturated carbocycles. The Labute approximate surface area is 71.6 Å². The number of hydrogen-bond acceptors (Lipinski definition) is 4. The van der Waals surface area contributed by atoms with Crippen LogP contribution in [0, 0.1) is 0 Å². The molecule has 66 valence electrons. The number of hydrogen-bond donors (Lipinski definition) is 1. The van der Waals surface area contributed by atoms with Crippen molar-refractivity contribution in [2.24, 2.45) is 0 Å². The van der Waals surface area contributed by atoms with E-state index in [9.17, 15) is 4.79 Å². The highest BCUT2D eigenvalue weighted by Crippen LogP contribution is 2.16. The van der Waals surface area contributed by atoms with Gasteiger partial charge in [-0.2, -0.15) is 0 Å². The van der Waals surface area contributed by atoms with E-state index in [0.29, 0.717) is 13.1 Å². The van der Waals surface area contributed by atoms with Crippen LogP contribution in [0.25, 0.3) is 0 Å². The zero-order valence-electron chi connectivity index (χ0n) is 6.55. The normalized spacial score (nSPS) is 19.5. The number of esters is 1. The Kier molecular flexibility index (Phi) is 3.78. The zero-order chi connectivity index (χ0) is 7.61. The van der Waals surface area contributed by atoms with E-state index in [1.54, 1.807) is 0 Å². The highest BCUT2D eigenvalue weighted by Gasteiger charge is 2.45. The summed E-state index contributed by atoms with van der Waals surface area (Å²) in [5, 5.41) is 2.94. The summed E-state index contributed by atoms with van der Waals surface area (Å²) in [6, 6.07) is 0. The van der Waals surface area contributed by atoms with Gasteiger partial charge in [-0.05, 0) is 0 Å². The Morgan fingerprint density at radius 1 is 1.45 bits per heavy atom. The third kappa shape index (κ3) is 1.64. The monoisotopic (exact) mass is 181 g/mol. The van der Waals surface area contributed by atoms with E-state index in [1.165, 1.54) is 14.2 Å². The highest BCUT2D eigenvalue weighted by molar-refractivity contribution is 5.85. The maximum absolute atomic E-state index is 11.0. The summed E-state index contributed by atoms with van der Waals surface area (Å²) in [4.78, 5) is 11.0. The first-order valence-corrected chi connectivity index (χ1v) is 3.09. The van der Waals surface area contributed by atoms with Gasteiger partial charge >= 0.3 is 5.97 Å². The summed E-state index contributed by atoms with van der Waals surface area (Å²) >= 11 is 0. The lowest BCUT2D eigenvalue weighted by Crippen LogP contribution is -2.65. The van der Waals surface area contributed by atoms with Crippen molar-refractivity contribution in [3.8, 4) is 0 Å². The Hall–Kier alpha value is -0.320. The lowest BCUT2D eigenvalue weighted by atomic mass is 9.97. The van der Waals surface area contributed by atoms with Crippen LogP contribution < -0.4 is 5.32 Å². The molecular weight excluding hydrogens is 170 g/mol. The molecule has 0 aromatic carbocycles. The molecule has 0 bridgehead atoms. The molecular formula is C6H12ClNO3. The predicted molar refractivity (Wildman–Crippen MR) is 41.9 cm³/mol. The second-order valence-corrected chi connectivity index (χ2v) is 2.29. The minimum atomic E-state index is -0.700. The van der Waals surface area contributed by atoms with Gasteiger partial charge in [0.2, 0.25) is 0 Å². The van der Waals surface area contributed by atoms with Gasteiger partial charge in [-0.3, -0.25) is 0 Å². The van der Waals surface area contributed by atoms with E-state index in [0.717, 1.165) is 0 Å². The molecule has 11 heavy (non-hydrogen) atoms. The second-order valence-electron chi connectivity index (χ2n) is 2.29. The van der Waals surface area contributed by atoms with Crippen LogP contribution >= 0.6 is 12.4 Å². The van der Waals surface area contributed by atoms with Gasteiger partial charge in [-0.15, -0.1) is 12.4 Å². The molecule has 1 aliphatic rings. The molecule has 0 atom stereocenters. The van der Waals surface area contributed by atoms with Gasteiger partial charge in [0.15, 0.2) is 5.60 Å². The summed E-state index contributed by atoms with van der Waals surface area (Å²) in [5.74, 6) is -0.297. The second kappa shape index (κ2) is 3.90. The van der Waals surface area contributed by atoms with Crippen LogP contribution in [0.1, 0.15) is 0 Å². The minimum absolute atomic E-state index is 0. The molecule has 0 amide bonds. The fourth-order valence-electron chi connectivity index (χ4n) is 0.910. The Morgan fingerprint density at radius 3 is 2.09 bits per heavy atom. The molecule has 1 N–H and O–H groups in total. The van der Waals surface area contributed by atoms with Crippen molar-refractivity contribution in [1.29, 1.82) is 0 Å². The van der Waals surface area contributed by atoms with Gasteiger partial charge in [0.25, 0.3) is 0 Å². The van der Waals surface area contributed by atoms with Crippen molar-refractivity contribution < 1.29 is 14.3 Å². The van der Waals surface area contributed by atoms with Gasteiger partial charge in [-0.25, -0.2) is 4.79 Å². The molecule has 1 fully saturated rings. The van der Waals surface area contributed by atoms with Crippen LogP contribution in [0.5, 0.6) is 0 Å². The number of nitrogens with one attached hydrogen (secondary N) is 1. The Balaban J connectivity index is 0.000001000. The van der Waals surface area contributed by atoms with E-state index >= 15 is 0 Å². The van der Waals surface area contributed by atoms with Crippen LogP contribution in [0.15, 0.2) is 0 Å². The van der Waals surface area contributed by atoms with E-state index in [4.69, 9.17) is 4.74 Å². The molecule has 0 radical (unpaired) electrons. The molecule has 1 rings (SSSR count). The van der Waals surface area contributed by atoms with Crippen molar-refractivity contribution in [1.82, 2.24) is 5.32 Å². The van der Waals surface area contributed by atoms with Crippen LogP contribution in [-0.4, -0.2) is 38.9 Å². The Bertz CT molecular complexity index is 141. The predicted octanol–water partition coefficient (Wildman–Crippen LogP) is -0.430. The van der Waals surface area contributed by atoms with Crippen molar-refractivity contribution in [3.63, 3.8) is 0 Å². The zero-order valence-corrected chi connectivity index (χ0v) is 7.36. The molecule has 1 heterocycles. The summed E-state index contributed by atoms with van der Waals surface area (Å²) in [7, 11) is 2.87. The molecule has 0 aromatic rings. The molecule has 5 heteroatoms. The molecule has 0 spiro atoms. The first-order valence-electron chi connectivity index (χ1n) is 3.09. The lowest BCUT2D eigenvalue weighted by molar-refractivity contribution is -0.172. The Morgan fingerprint density at radius 2 is 2.00 bits per heavy atom. The molecule has 0 aromatic heterocycles. The quantitative estimate of drug-likeness (QED) is 0.588. The summed E-state index contributed by atoms with van der Waals surface area (Å²) in [5.41, 5.74) is -0.700. The topological polar surface area (TPSA) is 47.6 Å². The van der Waals surface area contributed by atoms with Gasteiger partial charge in [0.1, 0.15) is 0 Å². The molecule has 1 saturated heterocycles. The average Bonchev–Trinajstić information content (AvgIpc) is 1.86. The largest absolute Gasteiger partial charge is 0.467 e. The van der Waals surface area contributed by atoms with Crippen molar-refractivity contribution >= 4 is 18.4 Å². The number of halogens is 1. The summed E-state index contributed by atoms with van der Waals surface area (Å²) in [6.45, 7) is 1.10. The van der Waals surface area contributed by atoms with Crippen LogP contribution in [-0.2, 0) is 14.3 Å². The SMILES string of the molecule is COC(=O)C1(OC)CNC1.Cl. The first-order chi connectivity index (χ1) is 4.75. The minimum Gasteiger partial charge on any atom is -0.467 e. The van der Waals surface area contributed by atoms with Crippen LogP contribution in [0.4, 0.5) is 0 Å². The number of carbonyl (C=O) groups is 1. The third-order valence-corrected chi connectivity index (χ3v) is 1.77. The van der Waals surface area contributed by atoms with Crippen molar-refractivity contribution in [3.05, 3.63) is 0 Å². The fourth-order valence-corrected chi connectivity index (χ4v) is 0.910. The number of methoxy groups -OCH3 is 2. The fraction of sp³-hybridized carbons (Fsp3) is 0.833. The van der Waals surface area contributed by atoms with Crippen LogP contribution in [0.3, 0.4) is 0 Å². The molecule has 1 aliphatic heterocycles. The van der Waals surface area contributed by atoms with E-state index < -0.39 is 5.60 Å². The first kappa shape index (κ1) is 10.7. The van der Waals surface area contributed by atoms with Gasteiger partial charge in [0, 0.05) is 20.2 Å². The maximum Gasteiger partial charge on any atom is 0.340 e. The summed E-state index contributed by atoms with van der Waals surface area (Å²) < 4.78 is 9.53. The van der Waals surface area contributed by atoms with Gasteiger partial charge in [0.05, 0.1) is 7.11 Å². The number of ether oxygens (including phenoxy) is 2.